The van der Waals surface area contributed by atoms with Crippen molar-refractivity contribution in [1.82, 2.24) is 0 Å². The van der Waals surface area contributed by atoms with Crippen LogP contribution in [-0.2, 0) is 0 Å². The molecule has 0 radical (unpaired) electrons. The lowest BCUT2D eigenvalue weighted by atomic mass is 10.1. The first-order valence-electron chi connectivity index (χ1n) is 7.98. The minimum absolute atomic E-state index is 0.998. The summed E-state index contributed by atoms with van der Waals surface area (Å²) in [5.41, 5.74) is 4.49. The number of aryl methyl sites for hydroxylation is 2. The SMILES string of the molecule is Cc1c#cc#cc(C)cccc2c3cccccc-3cc2ccc1. The van der Waals surface area contributed by atoms with E-state index in [0.29, 0.717) is 0 Å². The number of fused-ring (bicyclic) bond motifs is 3. The summed E-state index contributed by atoms with van der Waals surface area (Å²) in [6.07, 6.45) is 0. The van der Waals surface area contributed by atoms with Gasteiger partial charge in [-0.3, -0.25) is 0 Å². The molecule has 1 aromatic carbocycles. The first kappa shape index (κ1) is 15.7. The molecule has 0 saturated heterocycles. The van der Waals surface area contributed by atoms with Crippen molar-refractivity contribution in [2.45, 2.75) is 13.8 Å². The molecule has 0 heterocycles. The van der Waals surface area contributed by atoms with E-state index >= 15 is 0 Å². The molecule has 0 spiro atoms. The van der Waals surface area contributed by atoms with E-state index in [1.165, 1.54) is 21.9 Å². The van der Waals surface area contributed by atoms with E-state index in [2.05, 4.69) is 84.9 Å². The lowest BCUT2D eigenvalue weighted by molar-refractivity contribution is 1.50. The number of hydrogen-bond acceptors (Lipinski definition) is 0. The van der Waals surface area contributed by atoms with E-state index in [1.54, 1.807) is 0 Å². The van der Waals surface area contributed by atoms with Gasteiger partial charge in [-0.15, -0.1) is 0 Å². The summed E-state index contributed by atoms with van der Waals surface area (Å²) in [6, 6.07) is 37.1. The standard InChI is InChI=1S/C24H18/c1-19-10-6-7-11-20(2)13-9-17-24-22(15-8-12-19)18-21-14-4-3-5-16-23(21)24/h3-5,8-9,12-18H,1-2H3. The van der Waals surface area contributed by atoms with Gasteiger partial charge < -0.3 is 0 Å². The molecule has 0 saturated carbocycles. The fraction of sp³-hybridized carbons (Fsp3) is 0.0833. The largest absolute Gasteiger partial charge is 0.0622 e. The van der Waals surface area contributed by atoms with Crippen LogP contribution in [0.2, 0.25) is 0 Å². The van der Waals surface area contributed by atoms with E-state index in [9.17, 15) is 0 Å². The van der Waals surface area contributed by atoms with Gasteiger partial charge >= 0.3 is 0 Å². The van der Waals surface area contributed by atoms with E-state index in [4.69, 9.17) is 0 Å². The molecule has 24 heavy (non-hydrogen) atoms. The summed E-state index contributed by atoms with van der Waals surface area (Å²) in [5, 5.41) is 2.43. The lowest BCUT2D eigenvalue weighted by Crippen LogP contribution is -1.65. The topological polar surface area (TPSA) is 0 Å². The predicted octanol–water partition coefficient (Wildman–Crippen LogP) is 6.01. The van der Waals surface area contributed by atoms with Crippen LogP contribution in [0, 0.1) is 38.1 Å². The van der Waals surface area contributed by atoms with Crippen molar-refractivity contribution in [1.29, 1.82) is 0 Å². The molecule has 0 aromatic heterocycles. The van der Waals surface area contributed by atoms with Crippen LogP contribution in [0.15, 0.2) is 72.8 Å². The number of rotatable bonds is 0. The Kier molecular flexibility index (Phi) is 4.81. The summed E-state index contributed by atoms with van der Waals surface area (Å²) in [4.78, 5) is 0. The normalized spacial score (nSPS) is 9.42. The van der Waals surface area contributed by atoms with Crippen LogP contribution in [0.1, 0.15) is 11.1 Å². The third kappa shape index (κ3) is 3.75. The molecule has 0 heteroatoms. The number of hydrogen-bond donors (Lipinski definition) is 0. The van der Waals surface area contributed by atoms with Crippen molar-refractivity contribution in [2.75, 3.05) is 0 Å². The van der Waals surface area contributed by atoms with Gasteiger partial charge in [-0.1, -0.05) is 78.9 Å². The van der Waals surface area contributed by atoms with Crippen LogP contribution in [0.3, 0.4) is 0 Å². The van der Waals surface area contributed by atoms with Gasteiger partial charge in [0.1, 0.15) is 0 Å². The van der Waals surface area contributed by atoms with Gasteiger partial charge in [0.25, 0.3) is 0 Å². The molecule has 0 aliphatic heterocycles. The quantitative estimate of drug-likeness (QED) is 0.477. The zero-order chi connectivity index (χ0) is 16.8. The first-order chi connectivity index (χ1) is 11.7. The Morgan fingerprint density at radius 1 is 0.625 bits per heavy atom. The second-order valence-corrected chi connectivity index (χ2v) is 5.71. The third-order valence-corrected chi connectivity index (χ3v) is 3.80. The highest BCUT2D eigenvalue weighted by Gasteiger charge is 2.05. The molecule has 0 fully saturated rings. The fourth-order valence-corrected chi connectivity index (χ4v) is 2.58. The van der Waals surface area contributed by atoms with Crippen LogP contribution < -0.4 is 0 Å². The van der Waals surface area contributed by atoms with Crippen LogP contribution in [0.5, 0.6) is 0 Å². The monoisotopic (exact) mass is 306 g/mol. The summed E-state index contributed by atoms with van der Waals surface area (Å²) in [7, 11) is 0. The molecule has 0 bridgehead atoms. The smallest absolute Gasteiger partial charge is 0.0000494 e. The van der Waals surface area contributed by atoms with E-state index in [-0.39, 0.29) is 0 Å². The van der Waals surface area contributed by atoms with Crippen molar-refractivity contribution in [2.24, 2.45) is 0 Å². The molecule has 0 nitrogen and oxygen atoms in total. The molecule has 2 aliphatic carbocycles. The fourth-order valence-electron chi connectivity index (χ4n) is 2.58. The average Bonchev–Trinajstić information content (AvgIpc) is 2.73. The Balaban J connectivity index is 2.36. The Hall–Kier alpha value is -3.22. The van der Waals surface area contributed by atoms with E-state index in [1.807, 2.05) is 26.0 Å². The highest BCUT2D eigenvalue weighted by Crippen LogP contribution is 2.31. The highest BCUT2D eigenvalue weighted by molar-refractivity contribution is 6.01. The molecular weight excluding hydrogens is 288 g/mol. The summed E-state index contributed by atoms with van der Waals surface area (Å²) in [6.45, 7) is 3.99. The van der Waals surface area contributed by atoms with Gasteiger partial charge in [0.05, 0.1) is 0 Å². The van der Waals surface area contributed by atoms with Crippen molar-refractivity contribution in [3.63, 3.8) is 0 Å². The molecule has 0 atom stereocenters. The molecule has 0 amide bonds. The molecule has 0 unspecified atom stereocenters. The second-order valence-electron chi connectivity index (χ2n) is 5.71. The van der Waals surface area contributed by atoms with Gasteiger partial charge in [-0.25, -0.2) is 0 Å². The van der Waals surface area contributed by atoms with Crippen molar-refractivity contribution in [3.8, 4) is 11.1 Å². The van der Waals surface area contributed by atoms with Crippen LogP contribution in [0.25, 0.3) is 21.9 Å². The zero-order valence-electron chi connectivity index (χ0n) is 13.9. The second kappa shape index (κ2) is 7.36. The van der Waals surface area contributed by atoms with Crippen molar-refractivity contribution < 1.29 is 0 Å². The molecular formula is C24H18. The van der Waals surface area contributed by atoms with Gasteiger partial charge in [-0.2, -0.15) is 0 Å². The molecule has 1 aromatic rings. The van der Waals surface area contributed by atoms with Gasteiger partial charge in [0.2, 0.25) is 0 Å². The Morgan fingerprint density at radius 2 is 1.29 bits per heavy atom. The van der Waals surface area contributed by atoms with Gasteiger partial charge in [0, 0.05) is 0 Å². The maximum absolute atomic E-state index is 3.06. The summed E-state index contributed by atoms with van der Waals surface area (Å²) >= 11 is 0. The molecule has 114 valence electrons. The maximum Gasteiger partial charge on any atom is -0.0000494 e. The molecule has 2 aliphatic rings. The van der Waals surface area contributed by atoms with E-state index < -0.39 is 0 Å². The molecule has 3 rings (SSSR count). The first-order valence-corrected chi connectivity index (χ1v) is 7.98. The third-order valence-electron chi connectivity index (χ3n) is 3.80. The van der Waals surface area contributed by atoms with Crippen LogP contribution >= 0.6 is 0 Å². The molecule has 0 N–H and O–H groups in total. The average molecular weight is 306 g/mol. The Morgan fingerprint density at radius 3 is 2.04 bits per heavy atom. The lowest BCUT2D eigenvalue weighted by Gasteiger charge is -1.91. The Bertz CT molecular complexity index is 935. The minimum Gasteiger partial charge on any atom is -0.0622 e. The zero-order valence-corrected chi connectivity index (χ0v) is 13.9. The van der Waals surface area contributed by atoms with Gasteiger partial charge in [0.15, 0.2) is 0 Å². The minimum atomic E-state index is 0.998. The van der Waals surface area contributed by atoms with Crippen molar-refractivity contribution in [3.05, 3.63) is 108 Å². The van der Waals surface area contributed by atoms with Crippen molar-refractivity contribution >= 4 is 10.8 Å². The Labute approximate surface area is 144 Å². The predicted molar refractivity (Wildman–Crippen MR) is 101 cm³/mol. The van der Waals surface area contributed by atoms with Gasteiger partial charge in [-0.05, 0) is 65.1 Å². The maximum atomic E-state index is 3.06. The van der Waals surface area contributed by atoms with E-state index in [0.717, 1.165) is 11.1 Å². The summed E-state index contributed by atoms with van der Waals surface area (Å²) < 4.78 is 0. The highest BCUT2D eigenvalue weighted by atomic mass is 14.1. The summed E-state index contributed by atoms with van der Waals surface area (Å²) in [5.74, 6) is 0. The van der Waals surface area contributed by atoms with Crippen LogP contribution in [0.4, 0.5) is 0 Å². The van der Waals surface area contributed by atoms with Crippen LogP contribution in [-0.4, -0.2) is 0 Å².